The monoisotopic (exact) mass is 245 g/mol. The molecule has 1 aliphatic carbocycles. The van der Waals surface area contributed by atoms with E-state index in [2.05, 4.69) is 11.4 Å². The molecule has 2 heterocycles. The summed E-state index contributed by atoms with van der Waals surface area (Å²) < 4.78 is 6.21. The van der Waals surface area contributed by atoms with Crippen LogP contribution in [0, 0.1) is 5.92 Å². The van der Waals surface area contributed by atoms with Crippen LogP contribution in [0.25, 0.3) is 0 Å². The zero-order valence-electron chi connectivity index (χ0n) is 10.5. The van der Waals surface area contributed by atoms with Crippen molar-refractivity contribution in [3.8, 4) is 5.75 Å². The van der Waals surface area contributed by atoms with Crippen molar-refractivity contribution >= 4 is 5.69 Å². The largest absolute Gasteiger partial charge is 0.508 e. The summed E-state index contributed by atoms with van der Waals surface area (Å²) in [5, 5.41) is 13.7. The number of aromatic hydroxyl groups is 1. The third-order valence-corrected chi connectivity index (χ3v) is 5.02. The summed E-state index contributed by atoms with van der Waals surface area (Å²) in [5.74, 6) is 1.34. The van der Waals surface area contributed by atoms with Gasteiger partial charge in [-0.05, 0) is 25.0 Å². The fraction of sp³-hybridized carbons (Fsp3) is 0.600. The van der Waals surface area contributed by atoms with Gasteiger partial charge in [0.25, 0.3) is 0 Å². The number of phenolic OH excluding ortho intramolecular Hbond substituents is 1. The summed E-state index contributed by atoms with van der Waals surface area (Å²) in [6, 6.07) is 5.80. The summed E-state index contributed by atoms with van der Waals surface area (Å²) in [4.78, 5) is 0. The lowest BCUT2D eigenvalue weighted by Gasteiger charge is -2.37. The van der Waals surface area contributed by atoms with Crippen LogP contribution in [0.3, 0.4) is 0 Å². The molecule has 2 N–H and O–H groups in total. The highest BCUT2D eigenvalue weighted by Gasteiger charge is 2.54. The van der Waals surface area contributed by atoms with Gasteiger partial charge in [0.2, 0.25) is 0 Å². The predicted octanol–water partition coefficient (Wildman–Crippen LogP) is 2.86. The van der Waals surface area contributed by atoms with E-state index >= 15 is 0 Å². The van der Waals surface area contributed by atoms with E-state index in [1.54, 1.807) is 0 Å². The third-order valence-electron chi connectivity index (χ3n) is 5.02. The Bertz CT molecular complexity index is 479. The van der Waals surface area contributed by atoms with Gasteiger partial charge in [-0.3, -0.25) is 0 Å². The maximum absolute atomic E-state index is 10.3. The Morgan fingerprint density at radius 2 is 2.11 bits per heavy atom. The van der Waals surface area contributed by atoms with Crippen molar-refractivity contribution in [2.45, 2.75) is 37.2 Å². The van der Waals surface area contributed by atoms with Crippen molar-refractivity contribution in [3.05, 3.63) is 23.8 Å². The summed E-state index contributed by atoms with van der Waals surface area (Å²) in [5.41, 5.74) is 2.22. The van der Waals surface area contributed by atoms with Crippen LogP contribution >= 0.6 is 0 Å². The molecule has 0 radical (unpaired) electrons. The molecule has 2 atom stereocenters. The Morgan fingerprint density at radius 3 is 2.94 bits per heavy atom. The van der Waals surface area contributed by atoms with Crippen molar-refractivity contribution < 1.29 is 9.84 Å². The first kappa shape index (κ1) is 10.7. The second-order valence-corrected chi connectivity index (χ2v) is 5.94. The highest BCUT2D eigenvalue weighted by atomic mass is 16.5. The topological polar surface area (TPSA) is 41.5 Å². The van der Waals surface area contributed by atoms with Crippen molar-refractivity contribution in [1.82, 2.24) is 0 Å². The van der Waals surface area contributed by atoms with E-state index in [1.165, 1.54) is 12.8 Å². The van der Waals surface area contributed by atoms with Crippen LogP contribution in [-0.4, -0.2) is 23.9 Å². The molecule has 2 unspecified atom stereocenters. The van der Waals surface area contributed by atoms with Crippen molar-refractivity contribution in [2.75, 3.05) is 18.5 Å². The number of fused-ring (bicyclic) bond motifs is 4. The molecule has 3 heteroatoms. The Balaban J connectivity index is 1.86. The van der Waals surface area contributed by atoms with E-state index in [0.717, 1.165) is 37.2 Å². The lowest BCUT2D eigenvalue weighted by molar-refractivity contribution is 0.000235. The number of hydrogen-bond donors (Lipinski definition) is 2. The number of ether oxygens (including phenoxy) is 1. The Labute approximate surface area is 107 Å². The first-order valence-electron chi connectivity index (χ1n) is 7.00. The van der Waals surface area contributed by atoms with E-state index < -0.39 is 0 Å². The van der Waals surface area contributed by atoms with Crippen molar-refractivity contribution in [3.63, 3.8) is 0 Å². The number of hydrogen-bond acceptors (Lipinski definition) is 3. The zero-order valence-corrected chi connectivity index (χ0v) is 10.5. The molecule has 1 saturated heterocycles. The van der Waals surface area contributed by atoms with E-state index in [9.17, 15) is 5.11 Å². The van der Waals surface area contributed by atoms with Crippen molar-refractivity contribution in [2.24, 2.45) is 5.92 Å². The maximum Gasteiger partial charge on any atom is 0.121 e. The predicted molar refractivity (Wildman–Crippen MR) is 70.0 cm³/mol. The minimum absolute atomic E-state index is 0.0142. The highest BCUT2D eigenvalue weighted by Crippen LogP contribution is 2.57. The molecular weight excluding hydrogens is 226 g/mol. The van der Waals surface area contributed by atoms with Gasteiger partial charge in [0.15, 0.2) is 0 Å². The summed E-state index contributed by atoms with van der Waals surface area (Å²) in [6.45, 7) is 1.81. The smallest absolute Gasteiger partial charge is 0.121 e. The second kappa shape index (κ2) is 3.64. The third kappa shape index (κ3) is 1.28. The van der Waals surface area contributed by atoms with Crippen LogP contribution in [0.2, 0.25) is 0 Å². The fourth-order valence-corrected chi connectivity index (χ4v) is 4.27. The molecule has 1 spiro atoms. The number of rotatable bonds is 0. The number of phenols is 1. The van der Waals surface area contributed by atoms with Crippen LogP contribution in [0.15, 0.2) is 18.2 Å². The van der Waals surface area contributed by atoms with Gasteiger partial charge in [0, 0.05) is 29.6 Å². The fourth-order valence-electron chi connectivity index (χ4n) is 4.27. The molecule has 2 aliphatic heterocycles. The lowest BCUT2D eigenvalue weighted by Crippen LogP contribution is -2.36. The molecule has 2 fully saturated rings. The molecule has 3 nitrogen and oxygen atoms in total. The lowest BCUT2D eigenvalue weighted by atomic mass is 9.73. The van der Waals surface area contributed by atoms with Crippen LogP contribution in [0.1, 0.15) is 37.2 Å². The molecule has 3 aliphatic rings. The summed E-state index contributed by atoms with van der Waals surface area (Å²) in [7, 11) is 0. The van der Waals surface area contributed by atoms with E-state index in [0.29, 0.717) is 17.6 Å². The molecule has 0 aromatic heterocycles. The number of benzene rings is 1. The summed E-state index contributed by atoms with van der Waals surface area (Å²) in [6.07, 6.45) is 4.84. The molecule has 1 aromatic carbocycles. The first-order valence-corrected chi connectivity index (χ1v) is 7.00. The molecule has 96 valence electrons. The molecular formula is C15H19NO2. The minimum Gasteiger partial charge on any atom is -0.508 e. The molecule has 1 aromatic rings. The normalized spacial score (nSPS) is 32.0. The summed E-state index contributed by atoms with van der Waals surface area (Å²) >= 11 is 0. The van der Waals surface area contributed by atoms with Gasteiger partial charge in [-0.2, -0.15) is 0 Å². The van der Waals surface area contributed by atoms with E-state index in [4.69, 9.17) is 4.74 Å². The molecule has 4 rings (SSSR count). The molecule has 18 heavy (non-hydrogen) atoms. The molecule has 0 amide bonds. The van der Waals surface area contributed by atoms with Crippen molar-refractivity contribution in [1.29, 1.82) is 0 Å². The van der Waals surface area contributed by atoms with Gasteiger partial charge in [0.1, 0.15) is 5.75 Å². The minimum atomic E-state index is 0.0142. The quantitative estimate of drug-likeness (QED) is 0.738. The van der Waals surface area contributed by atoms with E-state index in [1.807, 2.05) is 12.1 Å². The van der Waals surface area contributed by atoms with Crippen LogP contribution in [0.4, 0.5) is 5.69 Å². The SMILES string of the molecule is Oc1cccc2c1C1C(CN2)COC12CCCC2. The van der Waals surface area contributed by atoms with Gasteiger partial charge >= 0.3 is 0 Å². The molecule has 0 bridgehead atoms. The number of nitrogens with one attached hydrogen (secondary N) is 1. The van der Waals surface area contributed by atoms with Gasteiger partial charge < -0.3 is 15.2 Å². The highest BCUT2D eigenvalue weighted by molar-refractivity contribution is 5.62. The standard InChI is InChI=1S/C15H19NO2/c17-12-5-3-4-11-13(12)14-10(8-16-11)9-18-15(14)6-1-2-7-15/h3-5,10,14,16-17H,1-2,6-9H2. The van der Waals surface area contributed by atoms with Crippen LogP contribution < -0.4 is 5.32 Å². The number of anilines is 1. The average Bonchev–Trinajstić information content (AvgIpc) is 2.99. The van der Waals surface area contributed by atoms with E-state index in [-0.39, 0.29) is 5.60 Å². The van der Waals surface area contributed by atoms with Gasteiger partial charge in [-0.15, -0.1) is 0 Å². The first-order chi connectivity index (χ1) is 8.80. The average molecular weight is 245 g/mol. The Morgan fingerprint density at radius 1 is 1.28 bits per heavy atom. The molecule has 1 saturated carbocycles. The van der Waals surface area contributed by atoms with Gasteiger partial charge in [-0.25, -0.2) is 0 Å². The Kier molecular flexibility index (Phi) is 2.16. The van der Waals surface area contributed by atoms with Gasteiger partial charge in [-0.1, -0.05) is 18.9 Å². The zero-order chi connectivity index (χ0) is 12.2. The van der Waals surface area contributed by atoms with Gasteiger partial charge in [0.05, 0.1) is 12.2 Å². The van der Waals surface area contributed by atoms with Crippen LogP contribution in [-0.2, 0) is 4.74 Å². The Hall–Kier alpha value is -1.22. The maximum atomic E-state index is 10.3. The second-order valence-electron chi connectivity index (χ2n) is 5.94. The van der Waals surface area contributed by atoms with Crippen LogP contribution in [0.5, 0.6) is 5.75 Å².